The van der Waals surface area contributed by atoms with E-state index in [0.717, 1.165) is 41.6 Å². The number of sulfonamides is 1. The van der Waals surface area contributed by atoms with E-state index in [1.807, 2.05) is 42.5 Å². The van der Waals surface area contributed by atoms with Crippen molar-refractivity contribution < 1.29 is 17.9 Å². The third-order valence-electron chi connectivity index (χ3n) is 7.39. The van der Waals surface area contributed by atoms with Crippen LogP contribution in [0.1, 0.15) is 29.9 Å². The maximum Gasteiger partial charge on any atom is 0.218 e. The molecule has 2 heterocycles. The summed E-state index contributed by atoms with van der Waals surface area (Å²) >= 11 is 0. The molecule has 7 heteroatoms. The molecule has 0 radical (unpaired) electrons. The summed E-state index contributed by atoms with van der Waals surface area (Å²) in [6, 6.07) is 23.9. The average Bonchev–Trinajstić information content (AvgIpc) is 2.84. The number of aliphatic hydroxyl groups excluding tert-OH is 1. The van der Waals surface area contributed by atoms with Crippen molar-refractivity contribution >= 4 is 10.0 Å². The van der Waals surface area contributed by atoms with Gasteiger partial charge in [-0.25, -0.2) is 17.1 Å². The Morgan fingerprint density at radius 3 is 2.14 bits per heavy atom. The molecular weight excluding hydrogens is 463 g/mol. The van der Waals surface area contributed by atoms with Crippen molar-refractivity contribution in [2.75, 3.05) is 26.2 Å². The minimum atomic E-state index is -3.46. The van der Waals surface area contributed by atoms with E-state index in [0.29, 0.717) is 13.1 Å². The van der Waals surface area contributed by atoms with Crippen LogP contribution in [0, 0.1) is 5.82 Å². The fourth-order valence-corrected chi connectivity index (χ4v) is 7.16. The zero-order valence-electron chi connectivity index (χ0n) is 19.6. The van der Waals surface area contributed by atoms with Gasteiger partial charge in [0.15, 0.2) is 0 Å². The van der Waals surface area contributed by atoms with Crippen molar-refractivity contribution in [3.63, 3.8) is 0 Å². The SMILES string of the molecule is O=S(=O)(Cc1ccccc1)N1CCCCN2[C@H](C1)[C@H](c1ccc(-c3ccc(F)cc3)cc1)[C@@H]2CO. The first-order valence-corrected chi connectivity index (χ1v) is 13.8. The lowest BCUT2D eigenvalue weighted by molar-refractivity contribution is -0.0554. The van der Waals surface area contributed by atoms with Crippen molar-refractivity contribution in [2.45, 2.75) is 36.6 Å². The van der Waals surface area contributed by atoms with Gasteiger partial charge in [0.25, 0.3) is 0 Å². The van der Waals surface area contributed by atoms with Crippen molar-refractivity contribution in [3.05, 3.63) is 95.8 Å². The fraction of sp³-hybridized carbons (Fsp3) is 0.357. The zero-order valence-corrected chi connectivity index (χ0v) is 20.4. The summed E-state index contributed by atoms with van der Waals surface area (Å²) in [5.74, 6) is -0.211. The molecule has 5 rings (SSSR count). The van der Waals surface area contributed by atoms with Gasteiger partial charge < -0.3 is 5.11 Å². The second-order valence-corrected chi connectivity index (χ2v) is 11.5. The highest BCUT2D eigenvalue weighted by atomic mass is 32.2. The van der Waals surface area contributed by atoms with E-state index in [2.05, 4.69) is 17.0 Å². The number of fused-ring (bicyclic) bond motifs is 1. The average molecular weight is 495 g/mol. The van der Waals surface area contributed by atoms with Gasteiger partial charge >= 0.3 is 0 Å². The Morgan fingerprint density at radius 2 is 1.49 bits per heavy atom. The van der Waals surface area contributed by atoms with Gasteiger partial charge in [-0.05, 0) is 53.8 Å². The van der Waals surface area contributed by atoms with E-state index >= 15 is 0 Å². The van der Waals surface area contributed by atoms with E-state index in [1.165, 1.54) is 12.1 Å². The first kappa shape index (κ1) is 24.1. The Morgan fingerprint density at radius 1 is 0.857 bits per heavy atom. The van der Waals surface area contributed by atoms with Crippen LogP contribution >= 0.6 is 0 Å². The predicted molar refractivity (Wildman–Crippen MR) is 136 cm³/mol. The minimum absolute atomic E-state index is 0.00101. The van der Waals surface area contributed by atoms with Crippen molar-refractivity contribution in [1.82, 2.24) is 9.21 Å². The molecule has 0 aromatic heterocycles. The molecule has 2 saturated heterocycles. The third kappa shape index (κ3) is 5.05. The van der Waals surface area contributed by atoms with Crippen LogP contribution in [0.2, 0.25) is 0 Å². The van der Waals surface area contributed by atoms with Gasteiger partial charge in [0.2, 0.25) is 10.0 Å². The Labute approximate surface area is 206 Å². The highest BCUT2D eigenvalue weighted by Crippen LogP contribution is 2.42. The van der Waals surface area contributed by atoms with Crippen LogP contribution in [0.5, 0.6) is 0 Å². The third-order valence-corrected chi connectivity index (χ3v) is 9.21. The molecule has 3 aromatic carbocycles. The molecule has 1 N–H and O–H groups in total. The summed E-state index contributed by atoms with van der Waals surface area (Å²) in [4.78, 5) is 2.28. The zero-order chi connectivity index (χ0) is 24.4. The van der Waals surface area contributed by atoms with E-state index in [-0.39, 0.29) is 36.2 Å². The molecule has 0 unspecified atom stereocenters. The van der Waals surface area contributed by atoms with Gasteiger partial charge in [-0.2, -0.15) is 0 Å². The quantitative estimate of drug-likeness (QED) is 0.557. The maximum absolute atomic E-state index is 13.3. The highest BCUT2D eigenvalue weighted by Gasteiger charge is 2.50. The molecule has 3 atom stereocenters. The monoisotopic (exact) mass is 494 g/mol. The smallest absolute Gasteiger partial charge is 0.218 e. The van der Waals surface area contributed by atoms with Crippen molar-refractivity contribution in [2.24, 2.45) is 0 Å². The van der Waals surface area contributed by atoms with E-state index < -0.39 is 10.0 Å². The highest BCUT2D eigenvalue weighted by molar-refractivity contribution is 7.88. The second kappa shape index (κ2) is 10.2. The number of halogens is 1. The van der Waals surface area contributed by atoms with E-state index in [9.17, 15) is 17.9 Å². The molecule has 2 aliphatic rings. The van der Waals surface area contributed by atoms with Crippen LogP contribution in [0.4, 0.5) is 4.39 Å². The van der Waals surface area contributed by atoms with Crippen LogP contribution in [-0.4, -0.2) is 61.1 Å². The lowest BCUT2D eigenvalue weighted by Gasteiger charge is -2.57. The topological polar surface area (TPSA) is 60.9 Å². The number of aliphatic hydroxyl groups is 1. The molecule has 0 amide bonds. The molecule has 3 aromatic rings. The van der Waals surface area contributed by atoms with Gasteiger partial charge in [-0.15, -0.1) is 0 Å². The molecule has 0 spiro atoms. The van der Waals surface area contributed by atoms with E-state index in [1.54, 1.807) is 16.4 Å². The first-order valence-electron chi connectivity index (χ1n) is 12.2. The van der Waals surface area contributed by atoms with Crippen LogP contribution in [0.15, 0.2) is 78.9 Å². The van der Waals surface area contributed by atoms with Crippen LogP contribution < -0.4 is 0 Å². The lowest BCUT2D eigenvalue weighted by Crippen LogP contribution is -2.67. The number of nitrogens with zero attached hydrogens (tertiary/aromatic N) is 2. The van der Waals surface area contributed by atoms with Crippen molar-refractivity contribution in [1.29, 1.82) is 0 Å². The number of hydrogen-bond acceptors (Lipinski definition) is 4. The van der Waals surface area contributed by atoms with Gasteiger partial charge in [-0.1, -0.05) is 66.7 Å². The molecule has 184 valence electrons. The summed E-state index contributed by atoms with van der Waals surface area (Å²) in [5, 5.41) is 10.2. The van der Waals surface area contributed by atoms with E-state index in [4.69, 9.17) is 0 Å². The minimum Gasteiger partial charge on any atom is -0.395 e. The van der Waals surface area contributed by atoms with Crippen molar-refractivity contribution in [3.8, 4) is 11.1 Å². The Balaban J connectivity index is 1.38. The van der Waals surface area contributed by atoms with Crippen LogP contribution in [-0.2, 0) is 15.8 Å². The molecule has 5 nitrogen and oxygen atoms in total. The lowest BCUT2D eigenvalue weighted by atomic mass is 9.74. The standard InChI is InChI=1S/C28H31FN2O3S/c29-25-14-12-23(13-15-25)22-8-10-24(11-9-22)28-26-18-30(16-4-5-17-31(26)27(28)19-32)35(33,34)20-21-6-2-1-3-7-21/h1-3,6-15,26-28,32H,4-5,16-20H2/t26-,27+,28+/m1/s1. The largest absolute Gasteiger partial charge is 0.395 e. The number of rotatable bonds is 6. The summed E-state index contributed by atoms with van der Waals surface area (Å²) < 4.78 is 41.6. The number of hydrogen-bond donors (Lipinski definition) is 1. The van der Waals surface area contributed by atoms with Gasteiger partial charge in [0, 0.05) is 31.1 Å². The molecular formula is C28H31FN2O3S. The van der Waals surface area contributed by atoms with Gasteiger partial charge in [0.1, 0.15) is 5.82 Å². The Hall–Kier alpha value is -2.58. The molecule has 35 heavy (non-hydrogen) atoms. The molecule has 2 fully saturated rings. The normalized spacial score (nSPS) is 23.7. The van der Waals surface area contributed by atoms with Crippen LogP contribution in [0.25, 0.3) is 11.1 Å². The molecule has 0 aliphatic carbocycles. The molecule has 2 aliphatic heterocycles. The van der Waals surface area contributed by atoms with Crippen LogP contribution in [0.3, 0.4) is 0 Å². The number of benzene rings is 3. The Bertz CT molecular complexity index is 1230. The summed E-state index contributed by atoms with van der Waals surface area (Å²) in [5.41, 5.74) is 3.82. The first-order chi connectivity index (χ1) is 17.0. The molecule has 0 bridgehead atoms. The van der Waals surface area contributed by atoms with Gasteiger partial charge in [0.05, 0.1) is 12.4 Å². The fourth-order valence-electron chi connectivity index (χ4n) is 5.58. The van der Waals surface area contributed by atoms with Gasteiger partial charge in [-0.3, -0.25) is 4.90 Å². The summed E-state index contributed by atoms with van der Waals surface area (Å²) in [6.45, 7) is 1.86. The Kier molecular flexibility index (Phi) is 7.02. The second-order valence-electron chi connectivity index (χ2n) is 9.52. The summed E-state index contributed by atoms with van der Waals surface area (Å²) in [6.07, 6.45) is 1.72. The predicted octanol–water partition coefficient (Wildman–Crippen LogP) is 4.25. The maximum atomic E-state index is 13.3. The summed E-state index contributed by atoms with van der Waals surface area (Å²) in [7, 11) is -3.46. The molecule has 0 saturated carbocycles.